The van der Waals surface area contributed by atoms with Crippen molar-refractivity contribution in [1.82, 2.24) is 14.9 Å². The van der Waals surface area contributed by atoms with Gasteiger partial charge in [0.15, 0.2) is 5.75 Å². The predicted octanol–water partition coefficient (Wildman–Crippen LogP) is 3.56. The van der Waals surface area contributed by atoms with Crippen molar-refractivity contribution in [2.24, 2.45) is 5.41 Å². The lowest BCUT2D eigenvalue weighted by Gasteiger charge is -2.37. The summed E-state index contributed by atoms with van der Waals surface area (Å²) in [6.07, 6.45) is 1.46. The Labute approximate surface area is 195 Å². The van der Waals surface area contributed by atoms with Crippen LogP contribution in [-0.4, -0.2) is 62.3 Å². The van der Waals surface area contributed by atoms with Gasteiger partial charge in [0.05, 0.1) is 25.1 Å². The molecular formula is C25H35N3O5. The number of aromatic nitrogens is 2. The largest absolute Gasteiger partial charge is 0.488 e. The summed E-state index contributed by atoms with van der Waals surface area (Å²) in [7, 11) is 6.51. The van der Waals surface area contributed by atoms with Crippen LogP contribution >= 0.6 is 0 Å². The maximum Gasteiger partial charge on any atom is 0.261 e. The van der Waals surface area contributed by atoms with E-state index in [-0.39, 0.29) is 22.8 Å². The van der Waals surface area contributed by atoms with E-state index in [1.54, 1.807) is 28.3 Å². The molecule has 0 saturated heterocycles. The number of fused-ring (bicyclic) bond motifs is 3. The molecule has 0 spiro atoms. The summed E-state index contributed by atoms with van der Waals surface area (Å²) in [6.45, 7) is 9.46. The highest BCUT2D eigenvalue weighted by Gasteiger charge is 2.38. The number of H-pyrrole nitrogens is 1. The second-order valence-corrected chi connectivity index (χ2v) is 9.76. The third-order valence-electron chi connectivity index (χ3n) is 6.17. The molecule has 8 heteroatoms. The molecule has 2 aromatic heterocycles. The molecule has 0 aliphatic heterocycles. The van der Waals surface area contributed by atoms with Gasteiger partial charge in [-0.25, -0.2) is 4.98 Å². The minimum absolute atomic E-state index is 0.0714. The maximum atomic E-state index is 13.0. The fourth-order valence-corrected chi connectivity index (χ4v) is 4.42. The van der Waals surface area contributed by atoms with E-state index in [0.717, 1.165) is 17.5 Å². The van der Waals surface area contributed by atoms with Crippen molar-refractivity contribution in [1.29, 1.82) is 0 Å². The zero-order valence-corrected chi connectivity index (χ0v) is 20.9. The number of amides is 1. The molecule has 2 aromatic rings. The first-order valence-corrected chi connectivity index (χ1v) is 11.2. The van der Waals surface area contributed by atoms with Crippen molar-refractivity contribution in [2.45, 2.75) is 46.5 Å². The minimum Gasteiger partial charge on any atom is -0.488 e. The van der Waals surface area contributed by atoms with Gasteiger partial charge in [-0.05, 0) is 47.4 Å². The fraction of sp³-hybridized carbons (Fsp3) is 0.560. The summed E-state index contributed by atoms with van der Waals surface area (Å²) >= 11 is 0. The number of carbonyl (C=O) groups excluding carboxylic acids is 1. The highest BCUT2D eigenvalue weighted by Crippen LogP contribution is 2.48. The molecule has 1 atom stereocenters. The number of ether oxygens (including phenoxy) is 3. The van der Waals surface area contributed by atoms with Crippen LogP contribution in [-0.2, 0) is 11.2 Å². The molecule has 2 heterocycles. The molecular weight excluding hydrogens is 422 g/mol. The summed E-state index contributed by atoms with van der Waals surface area (Å²) in [5.74, 6) is 0.697. The van der Waals surface area contributed by atoms with Gasteiger partial charge in [0.25, 0.3) is 17.3 Å². The summed E-state index contributed by atoms with van der Waals surface area (Å²) < 4.78 is 16.5. The van der Waals surface area contributed by atoms with E-state index < -0.39 is 5.56 Å². The maximum absolute atomic E-state index is 13.0. The molecule has 8 nitrogen and oxygen atoms in total. The first-order chi connectivity index (χ1) is 15.5. The molecule has 1 aliphatic carbocycles. The molecule has 0 saturated carbocycles. The van der Waals surface area contributed by atoms with E-state index in [1.165, 1.54) is 4.90 Å². The zero-order chi connectivity index (χ0) is 24.5. The van der Waals surface area contributed by atoms with Crippen LogP contribution in [0.2, 0.25) is 0 Å². The Kier molecular flexibility index (Phi) is 7.17. The molecule has 0 radical (unpaired) electrons. The number of rotatable bonds is 7. The predicted molar refractivity (Wildman–Crippen MR) is 127 cm³/mol. The van der Waals surface area contributed by atoms with Crippen LogP contribution < -0.4 is 15.0 Å². The van der Waals surface area contributed by atoms with Gasteiger partial charge in [-0.15, -0.1) is 0 Å². The summed E-state index contributed by atoms with van der Waals surface area (Å²) in [6, 6.07) is 1.96. The second kappa shape index (κ2) is 9.55. The SMILES string of the molecule is COCCCOc1cc2c(nc1OC)-c1[nH]c(=O)c(C(=O)N(C)C)c(C)c1C(C(C)(C)C)C2. The quantitative estimate of drug-likeness (QED) is 0.639. The number of methoxy groups -OCH3 is 2. The van der Waals surface area contributed by atoms with Gasteiger partial charge in [0.2, 0.25) is 0 Å². The lowest BCUT2D eigenvalue weighted by Crippen LogP contribution is -2.34. The van der Waals surface area contributed by atoms with Crippen LogP contribution in [0.1, 0.15) is 60.2 Å². The molecule has 1 N–H and O–H groups in total. The molecule has 33 heavy (non-hydrogen) atoms. The van der Waals surface area contributed by atoms with Gasteiger partial charge in [-0.2, -0.15) is 0 Å². The van der Waals surface area contributed by atoms with E-state index in [2.05, 4.69) is 25.8 Å². The van der Waals surface area contributed by atoms with E-state index in [4.69, 9.17) is 19.2 Å². The van der Waals surface area contributed by atoms with Crippen LogP contribution in [0, 0.1) is 12.3 Å². The lowest BCUT2D eigenvalue weighted by atomic mass is 9.68. The molecule has 0 aromatic carbocycles. The number of hydrogen-bond acceptors (Lipinski definition) is 6. The van der Waals surface area contributed by atoms with Crippen molar-refractivity contribution in [3.63, 3.8) is 0 Å². The van der Waals surface area contributed by atoms with Crippen molar-refractivity contribution in [2.75, 3.05) is 41.5 Å². The van der Waals surface area contributed by atoms with Crippen LogP contribution in [0.25, 0.3) is 11.4 Å². The first-order valence-electron chi connectivity index (χ1n) is 11.2. The third-order valence-corrected chi connectivity index (χ3v) is 6.17. The zero-order valence-electron chi connectivity index (χ0n) is 20.9. The molecule has 0 bridgehead atoms. The number of aromatic amines is 1. The van der Waals surface area contributed by atoms with E-state index in [9.17, 15) is 9.59 Å². The highest BCUT2D eigenvalue weighted by molar-refractivity contribution is 5.96. The molecule has 3 rings (SSSR count). The van der Waals surface area contributed by atoms with E-state index >= 15 is 0 Å². The van der Waals surface area contributed by atoms with Crippen molar-refractivity contribution in [3.8, 4) is 23.0 Å². The van der Waals surface area contributed by atoms with Gasteiger partial charge < -0.3 is 24.1 Å². The molecule has 0 fully saturated rings. The molecule has 1 amide bonds. The second-order valence-electron chi connectivity index (χ2n) is 9.76. The summed E-state index contributed by atoms with van der Waals surface area (Å²) in [4.78, 5) is 35.0. The lowest BCUT2D eigenvalue weighted by molar-refractivity contribution is 0.0824. The van der Waals surface area contributed by atoms with Crippen LogP contribution in [0.3, 0.4) is 0 Å². The number of carbonyl (C=O) groups is 1. The number of nitrogens with zero attached hydrogens (tertiary/aromatic N) is 2. The molecule has 1 aliphatic rings. The van der Waals surface area contributed by atoms with Gasteiger partial charge in [0.1, 0.15) is 5.56 Å². The highest BCUT2D eigenvalue weighted by atomic mass is 16.5. The number of pyridine rings is 2. The van der Waals surface area contributed by atoms with Crippen molar-refractivity contribution >= 4 is 5.91 Å². The topological polar surface area (TPSA) is 93.7 Å². The Morgan fingerprint density at radius 1 is 1.24 bits per heavy atom. The van der Waals surface area contributed by atoms with Gasteiger partial charge in [0, 0.05) is 34.2 Å². The Bertz CT molecular complexity index is 1100. The Balaban J connectivity index is 2.22. The fourth-order valence-electron chi connectivity index (χ4n) is 4.42. The van der Waals surface area contributed by atoms with Gasteiger partial charge in [-0.3, -0.25) is 9.59 Å². The van der Waals surface area contributed by atoms with Gasteiger partial charge in [-0.1, -0.05) is 20.8 Å². The average Bonchev–Trinajstić information content (AvgIpc) is 2.74. The molecule has 180 valence electrons. The monoisotopic (exact) mass is 457 g/mol. The smallest absolute Gasteiger partial charge is 0.261 e. The normalized spacial score (nSPS) is 15.0. The Morgan fingerprint density at radius 3 is 2.52 bits per heavy atom. The minimum atomic E-state index is -0.411. The van der Waals surface area contributed by atoms with E-state index in [0.29, 0.717) is 48.2 Å². The van der Waals surface area contributed by atoms with Crippen molar-refractivity contribution < 1.29 is 19.0 Å². The van der Waals surface area contributed by atoms with Crippen molar-refractivity contribution in [3.05, 3.63) is 38.7 Å². The molecule has 1 unspecified atom stereocenters. The van der Waals surface area contributed by atoms with Crippen LogP contribution in [0.4, 0.5) is 0 Å². The van der Waals surface area contributed by atoms with Crippen LogP contribution in [0.5, 0.6) is 11.6 Å². The number of nitrogens with one attached hydrogen (secondary N) is 1. The summed E-state index contributed by atoms with van der Waals surface area (Å²) in [5, 5.41) is 0. The van der Waals surface area contributed by atoms with Gasteiger partial charge >= 0.3 is 0 Å². The standard InChI is InChI=1S/C25H35N3O5/c1-14-18-16(25(2,3)4)12-15-13-17(33-11-9-10-31-7)23(32-8)27-20(15)21(18)26-22(29)19(14)24(30)28(5)6/h13,16H,9-12H2,1-8H3,(H,26,29). The average molecular weight is 458 g/mol. The van der Waals surface area contributed by atoms with E-state index in [1.807, 2.05) is 13.0 Å². The Hall–Kier alpha value is -2.87. The number of hydrogen-bond donors (Lipinski definition) is 1. The van der Waals surface area contributed by atoms with Crippen LogP contribution in [0.15, 0.2) is 10.9 Å². The Morgan fingerprint density at radius 2 is 1.94 bits per heavy atom. The first kappa shape index (κ1) is 24.8. The third kappa shape index (κ3) is 4.76. The summed E-state index contributed by atoms with van der Waals surface area (Å²) in [5.41, 5.74) is 3.61.